The maximum absolute atomic E-state index is 6.72. The van der Waals surface area contributed by atoms with Crippen LogP contribution in [0.5, 0.6) is 5.75 Å². The second-order valence-corrected chi connectivity index (χ2v) is 11.7. The number of ether oxygens (including phenoxy) is 1. The van der Waals surface area contributed by atoms with Crippen molar-refractivity contribution in [1.29, 1.82) is 0 Å². The second kappa shape index (κ2) is 14.4. The van der Waals surface area contributed by atoms with E-state index >= 15 is 0 Å². The fraction of sp³-hybridized carbons (Fsp3) is 0.812. The van der Waals surface area contributed by atoms with E-state index in [9.17, 15) is 0 Å². The van der Waals surface area contributed by atoms with Gasteiger partial charge in [-0.05, 0) is 106 Å². The van der Waals surface area contributed by atoms with Gasteiger partial charge in [0.1, 0.15) is 11.4 Å². The Morgan fingerprint density at radius 2 is 1.18 bits per heavy atom. The van der Waals surface area contributed by atoms with Crippen LogP contribution >= 0.6 is 0 Å². The molecular weight excluding hydrogens is 400 g/mol. The van der Waals surface area contributed by atoms with E-state index in [-0.39, 0.29) is 5.60 Å². The summed E-state index contributed by atoms with van der Waals surface area (Å²) in [6.07, 6.45) is 14.6. The van der Waals surface area contributed by atoms with Crippen molar-refractivity contribution in [2.75, 3.05) is 0 Å². The van der Waals surface area contributed by atoms with Crippen molar-refractivity contribution < 1.29 is 4.74 Å². The molecule has 1 nitrogen and oxygen atoms in total. The molecule has 33 heavy (non-hydrogen) atoms. The van der Waals surface area contributed by atoms with Gasteiger partial charge in [-0.1, -0.05) is 86.5 Å². The molecule has 2 rings (SSSR count). The standard InChI is InChI=1S/C30H52O.C2H6/c1-21(2)13-10-14-22(3)15-11-16-23(4)17-12-19-30(9)20-18-28-26(7)24(5)25(6)27(8)29(28)31-30;1-2/h21-23H,10-20H2,1-9H3;1-2H3/t22-,23-,30-;/m1./s1. The number of rotatable bonds is 12. The van der Waals surface area contributed by atoms with E-state index in [2.05, 4.69) is 62.3 Å². The summed E-state index contributed by atoms with van der Waals surface area (Å²) < 4.78 is 6.72. The number of benzene rings is 1. The molecular formula is C32H58O. The molecule has 1 aromatic rings. The van der Waals surface area contributed by atoms with Crippen LogP contribution in [0.4, 0.5) is 0 Å². The summed E-state index contributed by atoms with van der Waals surface area (Å²) in [5.74, 6) is 3.81. The van der Waals surface area contributed by atoms with Gasteiger partial charge in [0.15, 0.2) is 0 Å². The zero-order chi connectivity index (χ0) is 25.2. The maximum Gasteiger partial charge on any atom is 0.126 e. The minimum atomic E-state index is 0.0105. The summed E-state index contributed by atoms with van der Waals surface area (Å²) in [6.45, 7) is 25.0. The van der Waals surface area contributed by atoms with Gasteiger partial charge in [0.25, 0.3) is 0 Å². The highest BCUT2D eigenvalue weighted by Crippen LogP contribution is 2.42. The van der Waals surface area contributed by atoms with Crippen molar-refractivity contribution in [3.63, 3.8) is 0 Å². The van der Waals surface area contributed by atoms with Gasteiger partial charge in [-0.2, -0.15) is 0 Å². The molecule has 0 aliphatic carbocycles. The molecule has 0 amide bonds. The Morgan fingerprint density at radius 3 is 1.73 bits per heavy atom. The first kappa shape index (κ1) is 30.1. The van der Waals surface area contributed by atoms with E-state index in [4.69, 9.17) is 4.74 Å². The average Bonchev–Trinajstić information content (AvgIpc) is 2.77. The van der Waals surface area contributed by atoms with E-state index in [0.717, 1.165) is 24.2 Å². The second-order valence-electron chi connectivity index (χ2n) is 11.7. The summed E-state index contributed by atoms with van der Waals surface area (Å²) in [5, 5.41) is 0. The molecule has 3 atom stereocenters. The molecule has 0 saturated carbocycles. The Labute approximate surface area is 208 Å². The van der Waals surface area contributed by atoms with Gasteiger partial charge in [0, 0.05) is 0 Å². The molecule has 1 heteroatoms. The molecule has 0 fully saturated rings. The Morgan fingerprint density at radius 1 is 0.697 bits per heavy atom. The first-order valence-electron chi connectivity index (χ1n) is 14.3. The molecule has 0 N–H and O–H groups in total. The normalized spacial score (nSPS) is 19.4. The van der Waals surface area contributed by atoms with Crippen LogP contribution in [-0.2, 0) is 6.42 Å². The topological polar surface area (TPSA) is 9.23 Å². The van der Waals surface area contributed by atoms with E-state index in [1.165, 1.54) is 97.8 Å². The first-order chi connectivity index (χ1) is 15.5. The van der Waals surface area contributed by atoms with Crippen molar-refractivity contribution in [2.24, 2.45) is 17.8 Å². The Bertz CT molecular complexity index is 701. The van der Waals surface area contributed by atoms with Gasteiger partial charge in [-0.25, -0.2) is 0 Å². The predicted molar refractivity (Wildman–Crippen MR) is 149 cm³/mol. The van der Waals surface area contributed by atoms with Crippen LogP contribution < -0.4 is 4.74 Å². The minimum absolute atomic E-state index is 0.0105. The van der Waals surface area contributed by atoms with Crippen LogP contribution in [-0.4, -0.2) is 5.60 Å². The molecule has 1 aliphatic heterocycles. The highest BCUT2D eigenvalue weighted by molar-refractivity contribution is 5.55. The fourth-order valence-electron chi connectivity index (χ4n) is 5.46. The minimum Gasteiger partial charge on any atom is -0.487 e. The molecule has 0 bridgehead atoms. The molecule has 0 radical (unpaired) electrons. The fourth-order valence-corrected chi connectivity index (χ4v) is 5.46. The lowest BCUT2D eigenvalue weighted by Gasteiger charge is -2.38. The zero-order valence-electron chi connectivity index (χ0n) is 24.4. The van der Waals surface area contributed by atoms with Crippen LogP contribution in [0.1, 0.15) is 140 Å². The van der Waals surface area contributed by atoms with Gasteiger partial charge >= 0.3 is 0 Å². The van der Waals surface area contributed by atoms with Crippen LogP contribution in [0.3, 0.4) is 0 Å². The third kappa shape index (κ3) is 9.29. The third-order valence-electron chi connectivity index (χ3n) is 8.28. The van der Waals surface area contributed by atoms with Gasteiger partial charge in [-0.15, -0.1) is 0 Å². The highest BCUT2D eigenvalue weighted by Gasteiger charge is 2.33. The van der Waals surface area contributed by atoms with Gasteiger partial charge in [0.05, 0.1) is 0 Å². The Kier molecular flexibility index (Phi) is 13.1. The summed E-state index contributed by atoms with van der Waals surface area (Å²) in [4.78, 5) is 0. The number of hydrogen-bond donors (Lipinski definition) is 0. The third-order valence-corrected chi connectivity index (χ3v) is 8.28. The first-order valence-corrected chi connectivity index (χ1v) is 14.3. The number of hydrogen-bond acceptors (Lipinski definition) is 1. The highest BCUT2D eigenvalue weighted by atomic mass is 16.5. The van der Waals surface area contributed by atoms with Gasteiger partial charge in [0.2, 0.25) is 0 Å². The SMILES string of the molecule is CC.Cc1c(C)c(C)c2c(c1C)CC[C@@](C)(CCC[C@H](C)CCC[C@H](C)CCCC(C)C)O2. The van der Waals surface area contributed by atoms with Crippen molar-refractivity contribution in [3.05, 3.63) is 27.8 Å². The molecule has 0 unspecified atom stereocenters. The van der Waals surface area contributed by atoms with E-state index in [0.29, 0.717) is 0 Å². The summed E-state index contributed by atoms with van der Waals surface area (Å²) in [5.41, 5.74) is 7.15. The van der Waals surface area contributed by atoms with Gasteiger partial charge < -0.3 is 4.74 Å². The van der Waals surface area contributed by atoms with Gasteiger partial charge in [-0.3, -0.25) is 0 Å². The van der Waals surface area contributed by atoms with Crippen molar-refractivity contribution in [3.8, 4) is 5.75 Å². The molecule has 0 aromatic heterocycles. The lowest BCUT2D eigenvalue weighted by atomic mass is 9.83. The van der Waals surface area contributed by atoms with E-state index in [1.807, 2.05) is 13.8 Å². The maximum atomic E-state index is 6.72. The van der Waals surface area contributed by atoms with Crippen LogP contribution in [0.2, 0.25) is 0 Å². The van der Waals surface area contributed by atoms with E-state index in [1.54, 1.807) is 0 Å². The lowest BCUT2D eigenvalue weighted by molar-refractivity contribution is 0.0513. The summed E-state index contributed by atoms with van der Waals surface area (Å²) in [6, 6.07) is 0. The molecule has 0 saturated heterocycles. The predicted octanol–water partition coefficient (Wildman–Crippen LogP) is 10.5. The average molecular weight is 459 g/mol. The van der Waals surface area contributed by atoms with E-state index < -0.39 is 0 Å². The number of fused-ring (bicyclic) bond motifs is 1. The summed E-state index contributed by atoms with van der Waals surface area (Å²) in [7, 11) is 0. The molecule has 1 aromatic carbocycles. The largest absolute Gasteiger partial charge is 0.487 e. The molecule has 1 heterocycles. The molecule has 0 spiro atoms. The lowest BCUT2D eigenvalue weighted by Crippen LogP contribution is -2.37. The van der Waals surface area contributed by atoms with Crippen LogP contribution in [0.25, 0.3) is 0 Å². The van der Waals surface area contributed by atoms with Crippen molar-refractivity contribution in [2.45, 2.75) is 152 Å². The Balaban J connectivity index is 0.00000265. The smallest absolute Gasteiger partial charge is 0.126 e. The quantitative estimate of drug-likeness (QED) is 0.302. The monoisotopic (exact) mass is 458 g/mol. The molecule has 1 aliphatic rings. The Hall–Kier alpha value is -0.980. The van der Waals surface area contributed by atoms with Crippen LogP contribution in [0.15, 0.2) is 0 Å². The molecule has 192 valence electrons. The van der Waals surface area contributed by atoms with Crippen LogP contribution in [0, 0.1) is 45.4 Å². The zero-order valence-corrected chi connectivity index (χ0v) is 24.4. The van der Waals surface area contributed by atoms with Crippen molar-refractivity contribution in [1.82, 2.24) is 0 Å². The summed E-state index contributed by atoms with van der Waals surface area (Å²) >= 11 is 0. The van der Waals surface area contributed by atoms with Crippen molar-refractivity contribution >= 4 is 0 Å².